The van der Waals surface area contributed by atoms with Crippen LogP contribution in [0.25, 0.3) is 0 Å². The molecule has 0 amide bonds. The molecule has 0 saturated carbocycles. The highest BCUT2D eigenvalue weighted by Crippen LogP contribution is 2.32. The van der Waals surface area contributed by atoms with Crippen molar-refractivity contribution in [2.75, 3.05) is 26.8 Å². The van der Waals surface area contributed by atoms with Gasteiger partial charge in [0.1, 0.15) is 5.82 Å². The molecule has 1 aromatic rings. The van der Waals surface area contributed by atoms with Crippen molar-refractivity contribution in [3.63, 3.8) is 0 Å². The minimum absolute atomic E-state index is 0.0548. The fraction of sp³-hybridized carbons (Fsp3) is 0.625. The minimum Gasteiger partial charge on any atom is -0.383 e. The molecule has 0 fully saturated rings. The normalized spacial score (nSPS) is 11.8. The van der Waals surface area contributed by atoms with Gasteiger partial charge >= 0.3 is 0 Å². The van der Waals surface area contributed by atoms with Gasteiger partial charge in [0.15, 0.2) is 0 Å². The first-order chi connectivity index (χ1) is 9.58. The van der Waals surface area contributed by atoms with Crippen molar-refractivity contribution in [2.45, 2.75) is 33.1 Å². The van der Waals surface area contributed by atoms with Gasteiger partial charge in [-0.3, -0.25) is 0 Å². The number of halogens is 2. The van der Waals surface area contributed by atoms with Crippen LogP contribution in [0.2, 0.25) is 5.02 Å². The van der Waals surface area contributed by atoms with Gasteiger partial charge in [0.05, 0.1) is 11.6 Å². The molecule has 1 rings (SSSR count). The Balaban J connectivity index is 2.77. The van der Waals surface area contributed by atoms with E-state index < -0.39 is 0 Å². The standard InChI is InChI=1S/C16H25ClFNO/c1-4-16(5-2,12-19-9-10-20-3)11-13-7-6-8-14(17)15(13)18/h6-8,19H,4-5,9-12H2,1-3H3. The van der Waals surface area contributed by atoms with E-state index in [2.05, 4.69) is 19.2 Å². The second-order valence-corrected chi connectivity index (χ2v) is 5.67. The molecular formula is C16H25ClFNO. The molecule has 1 aromatic carbocycles. The number of nitrogens with one attached hydrogen (secondary N) is 1. The van der Waals surface area contributed by atoms with Gasteiger partial charge in [-0.2, -0.15) is 0 Å². The molecule has 1 N–H and O–H groups in total. The third kappa shape index (κ3) is 4.72. The number of hydrogen-bond acceptors (Lipinski definition) is 2. The van der Waals surface area contributed by atoms with Gasteiger partial charge in [0.25, 0.3) is 0 Å². The van der Waals surface area contributed by atoms with Crippen LogP contribution in [0, 0.1) is 11.2 Å². The quantitative estimate of drug-likeness (QED) is 0.694. The van der Waals surface area contributed by atoms with E-state index >= 15 is 0 Å². The maximum atomic E-state index is 14.1. The third-order valence-electron chi connectivity index (χ3n) is 4.08. The smallest absolute Gasteiger partial charge is 0.144 e. The highest BCUT2D eigenvalue weighted by Gasteiger charge is 2.27. The van der Waals surface area contributed by atoms with Gasteiger partial charge in [-0.25, -0.2) is 4.39 Å². The summed E-state index contributed by atoms with van der Waals surface area (Å²) in [4.78, 5) is 0. The van der Waals surface area contributed by atoms with E-state index in [1.54, 1.807) is 13.2 Å². The Hall–Kier alpha value is -0.640. The van der Waals surface area contributed by atoms with Crippen LogP contribution in [-0.4, -0.2) is 26.8 Å². The zero-order valence-electron chi connectivity index (χ0n) is 12.6. The molecule has 0 aliphatic carbocycles. The molecule has 0 atom stereocenters. The summed E-state index contributed by atoms with van der Waals surface area (Å²) in [7, 11) is 1.69. The predicted molar refractivity (Wildman–Crippen MR) is 82.9 cm³/mol. The van der Waals surface area contributed by atoms with Crippen molar-refractivity contribution in [1.82, 2.24) is 5.32 Å². The molecule has 4 heteroatoms. The van der Waals surface area contributed by atoms with Gasteiger partial charge in [0.2, 0.25) is 0 Å². The Morgan fingerprint density at radius 2 is 2.00 bits per heavy atom. The van der Waals surface area contributed by atoms with Gasteiger partial charge in [-0.1, -0.05) is 37.6 Å². The van der Waals surface area contributed by atoms with Crippen molar-refractivity contribution >= 4 is 11.6 Å². The van der Waals surface area contributed by atoms with Crippen LogP contribution < -0.4 is 5.32 Å². The number of methoxy groups -OCH3 is 1. The molecule has 0 aliphatic rings. The summed E-state index contributed by atoms with van der Waals surface area (Å²) < 4.78 is 19.1. The summed E-state index contributed by atoms with van der Waals surface area (Å²) in [6, 6.07) is 5.24. The Morgan fingerprint density at radius 3 is 2.60 bits per heavy atom. The average molecular weight is 302 g/mol. The summed E-state index contributed by atoms with van der Waals surface area (Å²) in [6.07, 6.45) is 2.69. The lowest BCUT2D eigenvalue weighted by Crippen LogP contribution is -2.37. The van der Waals surface area contributed by atoms with E-state index in [9.17, 15) is 4.39 Å². The Labute approximate surface area is 126 Å². The zero-order valence-corrected chi connectivity index (χ0v) is 13.4. The average Bonchev–Trinajstić information content (AvgIpc) is 2.47. The predicted octanol–water partition coefficient (Wildman–Crippen LogP) is 4.06. The highest BCUT2D eigenvalue weighted by molar-refractivity contribution is 6.30. The number of hydrogen-bond donors (Lipinski definition) is 1. The molecule has 0 heterocycles. The lowest BCUT2D eigenvalue weighted by Gasteiger charge is -2.32. The molecule has 2 nitrogen and oxygen atoms in total. The van der Waals surface area contributed by atoms with Crippen LogP contribution in [0.4, 0.5) is 4.39 Å². The van der Waals surface area contributed by atoms with Crippen molar-refractivity contribution in [1.29, 1.82) is 0 Å². The SMILES string of the molecule is CCC(CC)(CNCCOC)Cc1cccc(Cl)c1F. The number of ether oxygens (including phenoxy) is 1. The summed E-state index contributed by atoms with van der Waals surface area (Å²) in [5, 5.41) is 3.61. The third-order valence-corrected chi connectivity index (χ3v) is 4.37. The fourth-order valence-corrected chi connectivity index (χ4v) is 2.62. The lowest BCUT2D eigenvalue weighted by atomic mass is 9.76. The van der Waals surface area contributed by atoms with Crippen molar-refractivity contribution < 1.29 is 9.13 Å². The van der Waals surface area contributed by atoms with E-state index in [0.717, 1.165) is 25.9 Å². The second-order valence-electron chi connectivity index (χ2n) is 5.27. The van der Waals surface area contributed by atoms with Crippen molar-refractivity contribution in [2.24, 2.45) is 5.41 Å². The van der Waals surface area contributed by atoms with Crippen LogP contribution in [0.1, 0.15) is 32.3 Å². The molecule has 0 radical (unpaired) electrons. The van der Waals surface area contributed by atoms with E-state index in [4.69, 9.17) is 16.3 Å². The molecule has 0 saturated heterocycles. The Morgan fingerprint density at radius 1 is 1.30 bits per heavy atom. The summed E-state index contributed by atoms with van der Waals surface area (Å²) in [5.74, 6) is -0.280. The van der Waals surface area contributed by atoms with E-state index in [1.165, 1.54) is 0 Å². The van der Waals surface area contributed by atoms with Crippen LogP contribution in [0.5, 0.6) is 0 Å². The molecule has 20 heavy (non-hydrogen) atoms. The molecule has 0 aliphatic heterocycles. The van der Waals surface area contributed by atoms with Gasteiger partial charge in [-0.15, -0.1) is 0 Å². The van der Waals surface area contributed by atoms with Gasteiger partial charge < -0.3 is 10.1 Å². The Bertz CT molecular complexity index is 407. The molecule has 0 spiro atoms. The Kier molecular flexibility index (Phi) is 7.49. The topological polar surface area (TPSA) is 21.3 Å². The fourth-order valence-electron chi connectivity index (χ4n) is 2.43. The molecule has 0 bridgehead atoms. The zero-order chi connectivity index (χ0) is 15.0. The molecule has 0 aromatic heterocycles. The van der Waals surface area contributed by atoms with E-state index in [1.807, 2.05) is 12.1 Å². The van der Waals surface area contributed by atoms with Crippen LogP contribution in [0.15, 0.2) is 18.2 Å². The van der Waals surface area contributed by atoms with E-state index in [0.29, 0.717) is 18.6 Å². The minimum atomic E-state index is -0.280. The first-order valence-electron chi connectivity index (χ1n) is 7.21. The lowest BCUT2D eigenvalue weighted by molar-refractivity contribution is 0.185. The van der Waals surface area contributed by atoms with E-state index in [-0.39, 0.29) is 16.3 Å². The maximum absolute atomic E-state index is 14.1. The van der Waals surface area contributed by atoms with Crippen molar-refractivity contribution in [3.05, 3.63) is 34.6 Å². The monoisotopic (exact) mass is 301 g/mol. The summed E-state index contributed by atoms with van der Waals surface area (Å²) in [6.45, 7) is 6.68. The summed E-state index contributed by atoms with van der Waals surface area (Å²) >= 11 is 5.87. The van der Waals surface area contributed by atoms with Crippen LogP contribution in [0.3, 0.4) is 0 Å². The first-order valence-corrected chi connectivity index (χ1v) is 7.59. The number of benzene rings is 1. The molecular weight excluding hydrogens is 277 g/mol. The number of rotatable bonds is 9. The van der Waals surface area contributed by atoms with Gasteiger partial charge in [0, 0.05) is 20.2 Å². The van der Waals surface area contributed by atoms with Crippen LogP contribution >= 0.6 is 11.6 Å². The maximum Gasteiger partial charge on any atom is 0.144 e. The largest absolute Gasteiger partial charge is 0.383 e. The van der Waals surface area contributed by atoms with Crippen LogP contribution in [-0.2, 0) is 11.2 Å². The van der Waals surface area contributed by atoms with Crippen molar-refractivity contribution in [3.8, 4) is 0 Å². The van der Waals surface area contributed by atoms with Gasteiger partial charge in [-0.05, 0) is 36.3 Å². The molecule has 0 unspecified atom stereocenters. The molecule has 114 valence electrons. The highest BCUT2D eigenvalue weighted by atomic mass is 35.5. The second kappa shape index (κ2) is 8.60. The first kappa shape index (κ1) is 17.4. The summed E-state index contributed by atoms with van der Waals surface area (Å²) in [5.41, 5.74) is 0.758.